The van der Waals surface area contributed by atoms with Crippen molar-refractivity contribution >= 4 is 0 Å². The average molecular weight is 295 g/mol. The van der Waals surface area contributed by atoms with Crippen LogP contribution in [-0.4, -0.2) is 9.97 Å². The van der Waals surface area contributed by atoms with E-state index in [9.17, 15) is 0 Å². The molecule has 0 saturated heterocycles. The maximum atomic E-state index is 4.51. The van der Waals surface area contributed by atoms with Crippen molar-refractivity contribution in [2.75, 3.05) is 0 Å². The first-order valence-electron chi connectivity index (χ1n) is 8.59. The molecule has 1 aromatic carbocycles. The third-order valence-electron chi connectivity index (χ3n) is 4.20. The molecular formula is C20H27N2. The van der Waals surface area contributed by atoms with Crippen molar-refractivity contribution in [3.8, 4) is 11.4 Å². The van der Waals surface area contributed by atoms with Crippen molar-refractivity contribution in [1.29, 1.82) is 0 Å². The van der Waals surface area contributed by atoms with E-state index in [1.54, 1.807) is 0 Å². The van der Waals surface area contributed by atoms with E-state index < -0.39 is 0 Å². The molecule has 1 aromatic heterocycles. The van der Waals surface area contributed by atoms with Gasteiger partial charge in [0, 0.05) is 18.0 Å². The first-order chi connectivity index (χ1) is 10.8. The van der Waals surface area contributed by atoms with Gasteiger partial charge in [0.1, 0.15) is 0 Å². The number of unbranched alkanes of at least 4 members (excludes halogenated alkanes) is 5. The smallest absolute Gasteiger partial charge is 0.159 e. The molecule has 0 aliphatic rings. The van der Waals surface area contributed by atoms with Gasteiger partial charge in [-0.1, -0.05) is 70.6 Å². The van der Waals surface area contributed by atoms with E-state index in [1.807, 2.05) is 36.7 Å². The fraction of sp³-hybridized carbons (Fsp3) is 0.500. The van der Waals surface area contributed by atoms with Gasteiger partial charge < -0.3 is 0 Å². The Morgan fingerprint density at radius 3 is 2.45 bits per heavy atom. The summed E-state index contributed by atoms with van der Waals surface area (Å²) in [6.07, 6.45) is 13.3. The standard InChI is InChI=1S/C20H27N2/c1-3-4-5-6-7-9-12-17(2)19-15-21-20(22-16-19)18-13-10-8-11-14-18/h8,10,13-17H,3-7,9,12H2,1-2H3. The Labute approximate surface area is 135 Å². The fourth-order valence-corrected chi connectivity index (χ4v) is 2.67. The molecule has 2 heteroatoms. The molecule has 1 atom stereocenters. The lowest BCUT2D eigenvalue weighted by Crippen LogP contribution is -1.98. The molecule has 0 spiro atoms. The summed E-state index contributed by atoms with van der Waals surface area (Å²) in [5.41, 5.74) is 2.27. The van der Waals surface area contributed by atoms with Crippen LogP contribution in [0.15, 0.2) is 36.7 Å². The lowest BCUT2D eigenvalue weighted by Gasteiger charge is -2.11. The van der Waals surface area contributed by atoms with E-state index in [0.29, 0.717) is 5.92 Å². The molecule has 0 aliphatic carbocycles. The summed E-state index contributed by atoms with van der Waals surface area (Å²) >= 11 is 0. The van der Waals surface area contributed by atoms with Gasteiger partial charge in [0.15, 0.2) is 5.82 Å². The number of hydrogen-bond donors (Lipinski definition) is 0. The second kappa shape index (κ2) is 9.34. The Morgan fingerprint density at radius 1 is 1.05 bits per heavy atom. The van der Waals surface area contributed by atoms with Crippen LogP contribution in [0.3, 0.4) is 0 Å². The maximum absolute atomic E-state index is 4.51. The minimum absolute atomic E-state index is 0.544. The van der Waals surface area contributed by atoms with Crippen molar-refractivity contribution in [3.63, 3.8) is 0 Å². The van der Waals surface area contributed by atoms with Crippen LogP contribution in [0.2, 0.25) is 0 Å². The van der Waals surface area contributed by atoms with E-state index in [4.69, 9.17) is 0 Å². The Balaban J connectivity index is 1.80. The van der Waals surface area contributed by atoms with E-state index in [2.05, 4.69) is 29.9 Å². The number of benzene rings is 1. The number of aromatic nitrogens is 2. The Hall–Kier alpha value is -1.70. The van der Waals surface area contributed by atoms with Crippen LogP contribution in [0.5, 0.6) is 0 Å². The molecule has 0 N–H and O–H groups in total. The molecule has 2 aromatic rings. The van der Waals surface area contributed by atoms with Crippen LogP contribution in [0.25, 0.3) is 11.4 Å². The predicted octanol–water partition coefficient (Wildman–Crippen LogP) is 5.80. The number of nitrogens with zero attached hydrogens (tertiary/aromatic N) is 2. The second-order valence-electron chi connectivity index (χ2n) is 6.09. The van der Waals surface area contributed by atoms with Crippen molar-refractivity contribution < 1.29 is 0 Å². The quantitative estimate of drug-likeness (QED) is 0.546. The van der Waals surface area contributed by atoms with Gasteiger partial charge in [-0.25, -0.2) is 9.97 Å². The van der Waals surface area contributed by atoms with Crippen LogP contribution >= 0.6 is 0 Å². The normalized spacial score (nSPS) is 12.3. The van der Waals surface area contributed by atoms with Gasteiger partial charge in [-0.2, -0.15) is 0 Å². The molecular weight excluding hydrogens is 268 g/mol. The Kier molecular flexibility index (Phi) is 7.08. The Morgan fingerprint density at radius 2 is 1.77 bits per heavy atom. The lowest BCUT2D eigenvalue weighted by atomic mass is 9.97. The van der Waals surface area contributed by atoms with Crippen molar-refractivity contribution in [3.05, 3.63) is 48.3 Å². The highest BCUT2D eigenvalue weighted by molar-refractivity contribution is 5.53. The molecule has 0 bridgehead atoms. The third kappa shape index (κ3) is 5.25. The molecule has 1 heterocycles. The molecule has 0 aliphatic heterocycles. The summed E-state index contributed by atoms with van der Waals surface area (Å²) in [7, 11) is 0. The molecule has 22 heavy (non-hydrogen) atoms. The third-order valence-corrected chi connectivity index (χ3v) is 4.20. The topological polar surface area (TPSA) is 25.8 Å². The predicted molar refractivity (Wildman–Crippen MR) is 92.7 cm³/mol. The van der Waals surface area contributed by atoms with Crippen molar-refractivity contribution in [1.82, 2.24) is 9.97 Å². The summed E-state index contributed by atoms with van der Waals surface area (Å²) in [4.78, 5) is 9.02. The minimum Gasteiger partial charge on any atom is -0.236 e. The second-order valence-corrected chi connectivity index (χ2v) is 6.09. The van der Waals surface area contributed by atoms with Gasteiger partial charge in [-0.05, 0) is 30.0 Å². The summed E-state index contributed by atoms with van der Waals surface area (Å²) in [5, 5.41) is 0. The first-order valence-corrected chi connectivity index (χ1v) is 8.59. The average Bonchev–Trinajstić information content (AvgIpc) is 2.59. The molecule has 2 nitrogen and oxygen atoms in total. The molecule has 2 rings (SSSR count). The highest BCUT2D eigenvalue weighted by Gasteiger charge is 2.07. The molecule has 117 valence electrons. The van der Waals surface area contributed by atoms with Crippen LogP contribution in [0.1, 0.15) is 70.3 Å². The summed E-state index contributed by atoms with van der Waals surface area (Å²) in [6, 6.07) is 10.9. The zero-order valence-electron chi connectivity index (χ0n) is 13.9. The monoisotopic (exact) mass is 295 g/mol. The van der Waals surface area contributed by atoms with Gasteiger partial charge in [0.25, 0.3) is 0 Å². The SMILES string of the molecule is CCCCCCCCC(C)c1cnc(-c2c[c]ccc2)nc1. The minimum atomic E-state index is 0.544. The zero-order chi connectivity index (χ0) is 15.6. The lowest BCUT2D eigenvalue weighted by molar-refractivity contribution is 0.555. The van der Waals surface area contributed by atoms with Crippen LogP contribution in [-0.2, 0) is 0 Å². The maximum Gasteiger partial charge on any atom is 0.159 e. The van der Waals surface area contributed by atoms with Crippen molar-refractivity contribution in [2.45, 2.75) is 64.7 Å². The molecule has 0 amide bonds. The van der Waals surface area contributed by atoms with Gasteiger partial charge in [-0.15, -0.1) is 0 Å². The number of rotatable bonds is 9. The molecule has 0 fully saturated rings. The number of hydrogen-bond acceptors (Lipinski definition) is 2. The first kappa shape index (κ1) is 16.7. The Bertz CT molecular complexity index is 519. The van der Waals surface area contributed by atoms with E-state index >= 15 is 0 Å². The van der Waals surface area contributed by atoms with Gasteiger partial charge >= 0.3 is 0 Å². The van der Waals surface area contributed by atoms with Crippen LogP contribution < -0.4 is 0 Å². The van der Waals surface area contributed by atoms with E-state index in [-0.39, 0.29) is 0 Å². The van der Waals surface area contributed by atoms with E-state index in [1.165, 1.54) is 50.5 Å². The fourth-order valence-electron chi connectivity index (χ4n) is 2.67. The van der Waals surface area contributed by atoms with Gasteiger partial charge in [0.2, 0.25) is 0 Å². The zero-order valence-corrected chi connectivity index (χ0v) is 13.9. The molecule has 1 radical (unpaired) electrons. The summed E-state index contributed by atoms with van der Waals surface area (Å²) < 4.78 is 0. The highest BCUT2D eigenvalue weighted by Crippen LogP contribution is 2.22. The molecule has 0 saturated carbocycles. The highest BCUT2D eigenvalue weighted by atomic mass is 14.9. The van der Waals surface area contributed by atoms with E-state index in [0.717, 1.165) is 11.4 Å². The van der Waals surface area contributed by atoms with Crippen LogP contribution in [0.4, 0.5) is 0 Å². The van der Waals surface area contributed by atoms with Gasteiger partial charge in [-0.3, -0.25) is 0 Å². The summed E-state index contributed by atoms with van der Waals surface area (Å²) in [5.74, 6) is 1.33. The summed E-state index contributed by atoms with van der Waals surface area (Å²) in [6.45, 7) is 4.54. The van der Waals surface area contributed by atoms with Gasteiger partial charge in [0.05, 0.1) is 0 Å². The van der Waals surface area contributed by atoms with Crippen molar-refractivity contribution in [2.24, 2.45) is 0 Å². The van der Waals surface area contributed by atoms with Crippen LogP contribution in [0, 0.1) is 6.07 Å². The largest absolute Gasteiger partial charge is 0.236 e. The molecule has 1 unspecified atom stereocenters.